The topological polar surface area (TPSA) is 136 Å². The van der Waals surface area contributed by atoms with Gasteiger partial charge in [0.1, 0.15) is 6.04 Å². The van der Waals surface area contributed by atoms with E-state index in [0.717, 1.165) is 41.8 Å². The number of likely N-dealkylation sites (tertiary alicyclic amines) is 1. The standard InChI is InChI=1S/C41H56N6O4S/c1-28(30-15-17-32(18-16-30)31-13-9-8-10-14-31)34(38(49)44-27-43-22-11-12-29-21-23-52-26-29)19-20-36(48)35-24-33(51-41(5,6)7)25-47(35)39(50)37(45-46-42)40(2,3)4/h8-10,12-18,33-35,37,43H,1,11,19-27H2,2-7H3,(H,44,49)/b29-12+/t33-,34-,35+,37-/m1/s1. The van der Waals surface area contributed by atoms with Crippen LogP contribution in [0.4, 0.5) is 0 Å². The number of carbonyl (C=O) groups is 3. The van der Waals surface area contributed by atoms with Crippen molar-refractivity contribution in [2.24, 2.45) is 16.4 Å². The second-order valence-corrected chi connectivity index (χ2v) is 16.9. The molecular formula is C41H56N6O4S. The zero-order valence-electron chi connectivity index (χ0n) is 31.7. The molecule has 52 heavy (non-hydrogen) atoms. The molecule has 2 aliphatic heterocycles. The molecule has 11 heteroatoms. The highest BCUT2D eigenvalue weighted by Crippen LogP contribution is 2.33. The Kier molecular flexibility index (Phi) is 14.7. The number of rotatable bonds is 16. The fourth-order valence-corrected chi connectivity index (χ4v) is 7.81. The minimum Gasteiger partial charge on any atom is -0.371 e. The van der Waals surface area contributed by atoms with E-state index >= 15 is 0 Å². The van der Waals surface area contributed by atoms with E-state index in [4.69, 9.17) is 4.74 Å². The molecule has 0 aliphatic carbocycles. The summed E-state index contributed by atoms with van der Waals surface area (Å²) in [6, 6.07) is 16.3. The van der Waals surface area contributed by atoms with E-state index in [2.05, 4.69) is 33.3 Å². The SMILES string of the molecule is C=C(c1ccc(-c2ccccc2)cc1)[C@@H](CCC(=O)[C@@H]1C[C@@H](OC(C)(C)C)CN1C(=O)[C@@H](N=[N+]=[N-])C(C)(C)C)C(=O)NCNCC/C=C1\CCSC1. The van der Waals surface area contributed by atoms with Crippen LogP contribution in [-0.2, 0) is 19.1 Å². The van der Waals surface area contributed by atoms with Gasteiger partial charge < -0.3 is 15.0 Å². The Bertz CT molecular complexity index is 1610. The van der Waals surface area contributed by atoms with Crippen molar-refractivity contribution in [2.45, 2.75) is 97.4 Å². The summed E-state index contributed by atoms with van der Waals surface area (Å²) in [6.07, 6.45) is 4.57. The van der Waals surface area contributed by atoms with Crippen molar-refractivity contribution in [1.29, 1.82) is 0 Å². The first kappa shape index (κ1) is 40.9. The van der Waals surface area contributed by atoms with Gasteiger partial charge in [-0.05, 0) is 79.0 Å². The van der Waals surface area contributed by atoms with E-state index in [1.165, 1.54) is 16.2 Å². The first-order valence-electron chi connectivity index (χ1n) is 18.3. The summed E-state index contributed by atoms with van der Waals surface area (Å²) in [5, 5.41) is 10.2. The van der Waals surface area contributed by atoms with Gasteiger partial charge >= 0.3 is 0 Å². The number of thioether (sulfide) groups is 1. The van der Waals surface area contributed by atoms with Crippen LogP contribution in [0.1, 0.15) is 79.2 Å². The normalized spacial score (nSPS) is 19.6. The number of hydrogen-bond acceptors (Lipinski definition) is 7. The van der Waals surface area contributed by atoms with Gasteiger partial charge in [0.25, 0.3) is 0 Å². The number of benzene rings is 2. The van der Waals surface area contributed by atoms with Gasteiger partial charge in [-0.2, -0.15) is 11.8 Å². The number of amides is 2. The molecule has 0 unspecified atom stereocenters. The third-order valence-electron chi connectivity index (χ3n) is 9.44. The predicted molar refractivity (Wildman–Crippen MR) is 211 cm³/mol. The van der Waals surface area contributed by atoms with Gasteiger partial charge in [0.15, 0.2) is 5.78 Å². The van der Waals surface area contributed by atoms with E-state index in [-0.39, 0.29) is 37.2 Å². The van der Waals surface area contributed by atoms with E-state index < -0.39 is 34.9 Å². The Morgan fingerprint density at radius 3 is 2.38 bits per heavy atom. The highest BCUT2D eigenvalue weighted by molar-refractivity contribution is 7.99. The second kappa shape index (κ2) is 18.7. The Balaban J connectivity index is 1.50. The average Bonchev–Trinajstić information content (AvgIpc) is 3.78. The van der Waals surface area contributed by atoms with Crippen molar-refractivity contribution >= 4 is 34.9 Å². The van der Waals surface area contributed by atoms with Crippen LogP contribution in [0.5, 0.6) is 0 Å². The third-order valence-corrected chi connectivity index (χ3v) is 10.5. The van der Waals surface area contributed by atoms with Crippen molar-refractivity contribution in [1.82, 2.24) is 15.5 Å². The summed E-state index contributed by atoms with van der Waals surface area (Å²) in [5.74, 6) is 0.840. The van der Waals surface area contributed by atoms with Gasteiger partial charge in [-0.15, -0.1) is 0 Å². The van der Waals surface area contributed by atoms with Crippen molar-refractivity contribution in [3.05, 3.63) is 88.8 Å². The minimum absolute atomic E-state index is 0.0522. The molecule has 4 atom stereocenters. The van der Waals surface area contributed by atoms with E-state index in [1.54, 1.807) is 0 Å². The van der Waals surface area contributed by atoms with Crippen LogP contribution in [0.3, 0.4) is 0 Å². The molecule has 2 aliphatic rings. The van der Waals surface area contributed by atoms with Crippen molar-refractivity contribution in [3.8, 4) is 11.1 Å². The van der Waals surface area contributed by atoms with Crippen LogP contribution in [0, 0.1) is 11.3 Å². The highest BCUT2D eigenvalue weighted by atomic mass is 32.2. The molecule has 10 nitrogen and oxygen atoms in total. The van der Waals surface area contributed by atoms with Crippen LogP contribution in [-0.4, -0.2) is 77.6 Å². The van der Waals surface area contributed by atoms with Gasteiger partial charge in [-0.1, -0.05) is 98.7 Å². The minimum atomic E-state index is -0.987. The Hall–Kier alpha value is -3.89. The molecule has 0 aromatic heterocycles. The number of azide groups is 1. The molecule has 2 N–H and O–H groups in total. The maximum atomic E-state index is 14.1. The molecule has 2 aromatic carbocycles. The number of nitrogens with zero attached hydrogens (tertiary/aromatic N) is 4. The number of ketones is 1. The van der Waals surface area contributed by atoms with Gasteiger partial charge in [-0.25, -0.2) is 0 Å². The van der Waals surface area contributed by atoms with Gasteiger partial charge in [0.05, 0.1) is 30.3 Å². The molecule has 2 aromatic rings. The largest absolute Gasteiger partial charge is 0.371 e. The van der Waals surface area contributed by atoms with Crippen LogP contribution >= 0.6 is 11.8 Å². The van der Waals surface area contributed by atoms with Crippen LogP contribution < -0.4 is 10.6 Å². The number of hydrogen-bond donors (Lipinski definition) is 2. The first-order chi connectivity index (χ1) is 24.7. The molecule has 280 valence electrons. The summed E-state index contributed by atoms with van der Waals surface area (Å²) in [5.41, 5.74) is 13.2. The van der Waals surface area contributed by atoms with Crippen LogP contribution in [0.2, 0.25) is 0 Å². The molecule has 2 amide bonds. The van der Waals surface area contributed by atoms with Crippen molar-refractivity contribution in [3.63, 3.8) is 0 Å². The maximum Gasteiger partial charge on any atom is 0.232 e. The zero-order valence-corrected chi connectivity index (χ0v) is 32.5. The molecule has 0 radical (unpaired) electrons. The molecule has 4 rings (SSSR count). The number of ether oxygens (including phenoxy) is 1. The fourth-order valence-electron chi connectivity index (χ4n) is 6.74. The van der Waals surface area contributed by atoms with Gasteiger partial charge in [-0.3, -0.25) is 19.7 Å². The molecule has 2 saturated heterocycles. The molecule has 0 bridgehead atoms. The molecule has 2 fully saturated rings. The lowest BCUT2D eigenvalue weighted by atomic mass is 9.85. The van der Waals surface area contributed by atoms with E-state index in [1.807, 2.05) is 108 Å². The summed E-state index contributed by atoms with van der Waals surface area (Å²) in [6.45, 7) is 16.9. The van der Waals surface area contributed by atoms with Crippen LogP contribution in [0.25, 0.3) is 27.1 Å². The molecular weight excluding hydrogens is 673 g/mol. The third kappa shape index (κ3) is 11.8. The van der Waals surface area contributed by atoms with Crippen molar-refractivity contribution < 1.29 is 19.1 Å². The molecule has 0 spiro atoms. The van der Waals surface area contributed by atoms with Crippen molar-refractivity contribution in [2.75, 3.05) is 31.3 Å². The summed E-state index contributed by atoms with van der Waals surface area (Å²) in [7, 11) is 0. The summed E-state index contributed by atoms with van der Waals surface area (Å²) < 4.78 is 6.25. The predicted octanol–water partition coefficient (Wildman–Crippen LogP) is 7.96. The lowest BCUT2D eigenvalue weighted by molar-refractivity contribution is -0.141. The molecule has 0 saturated carbocycles. The fraction of sp³-hybridized carbons (Fsp3) is 0.537. The smallest absolute Gasteiger partial charge is 0.232 e. The Morgan fingerprint density at radius 2 is 1.77 bits per heavy atom. The van der Waals surface area contributed by atoms with E-state index in [9.17, 15) is 19.9 Å². The summed E-state index contributed by atoms with van der Waals surface area (Å²) >= 11 is 1.96. The first-order valence-corrected chi connectivity index (χ1v) is 19.5. The summed E-state index contributed by atoms with van der Waals surface area (Å²) in [4.78, 5) is 46.3. The van der Waals surface area contributed by atoms with E-state index in [0.29, 0.717) is 18.7 Å². The second-order valence-electron chi connectivity index (χ2n) is 15.8. The average molecular weight is 729 g/mol. The van der Waals surface area contributed by atoms with Gasteiger partial charge in [0, 0.05) is 36.6 Å². The van der Waals surface area contributed by atoms with Crippen LogP contribution in [0.15, 0.2) is 77.9 Å². The lowest BCUT2D eigenvalue weighted by Gasteiger charge is -2.32. The Morgan fingerprint density at radius 1 is 1.08 bits per heavy atom. The monoisotopic (exact) mass is 728 g/mol. The molecule has 2 heterocycles. The number of Topliss-reactive ketones (excluding diaryl/α,β-unsaturated/α-hetero) is 1. The highest BCUT2D eigenvalue weighted by Gasteiger charge is 2.45. The zero-order chi connectivity index (χ0) is 37.9. The van der Waals surface area contributed by atoms with Gasteiger partial charge in [0.2, 0.25) is 11.8 Å². The number of nitrogens with one attached hydrogen (secondary N) is 2. The quantitative estimate of drug-likeness (QED) is 0.0450. The Labute approximate surface area is 313 Å². The number of carbonyl (C=O) groups excluding carboxylic acids is 3. The lowest BCUT2D eigenvalue weighted by Crippen LogP contribution is -2.49. The maximum absolute atomic E-state index is 14.1.